The van der Waals surface area contributed by atoms with Crippen molar-refractivity contribution in [2.45, 2.75) is 44.7 Å². The summed E-state index contributed by atoms with van der Waals surface area (Å²) in [6.45, 7) is 7.98. The van der Waals surface area contributed by atoms with Gasteiger partial charge in [-0.25, -0.2) is 0 Å². The van der Waals surface area contributed by atoms with E-state index < -0.39 is 0 Å². The van der Waals surface area contributed by atoms with Crippen LogP contribution in [-0.2, 0) is 0 Å². The zero-order chi connectivity index (χ0) is 14.4. The van der Waals surface area contributed by atoms with E-state index in [1.54, 1.807) is 0 Å². The highest BCUT2D eigenvalue weighted by Crippen LogP contribution is 2.17. The molecule has 0 radical (unpaired) electrons. The number of rotatable bonds is 4. The van der Waals surface area contributed by atoms with Gasteiger partial charge < -0.3 is 15.5 Å². The molecule has 1 unspecified atom stereocenters. The first-order chi connectivity index (χ1) is 9.69. The second-order valence-electron chi connectivity index (χ2n) is 6.27. The Bertz CT molecular complexity index is 303. The van der Waals surface area contributed by atoms with E-state index in [0.717, 1.165) is 12.5 Å². The molecule has 2 rings (SSSR count). The van der Waals surface area contributed by atoms with Gasteiger partial charge in [-0.1, -0.05) is 12.8 Å². The summed E-state index contributed by atoms with van der Waals surface area (Å²) in [6, 6.07) is 1.19. The second-order valence-corrected chi connectivity index (χ2v) is 6.27. The summed E-state index contributed by atoms with van der Waals surface area (Å²) in [4.78, 5) is 9.31. The molecule has 0 aromatic heterocycles. The maximum atomic E-state index is 4.35. The Labute approximate surface area is 123 Å². The molecule has 1 aliphatic carbocycles. The van der Waals surface area contributed by atoms with Crippen molar-refractivity contribution < 1.29 is 0 Å². The minimum absolute atomic E-state index is 0.561. The Morgan fingerprint density at radius 1 is 1.20 bits per heavy atom. The molecule has 20 heavy (non-hydrogen) atoms. The van der Waals surface area contributed by atoms with Crippen molar-refractivity contribution in [1.29, 1.82) is 0 Å². The van der Waals surface area contributed by atoms with Crippen LogP contribution in [0.3, 0.4) is 0 Å². The molecule has 0 bridgehead atoms. The molecule has 0 aromatic carbocycles. The van der Waals surface area contributed by atoms with Crippen LogP contribution in [0, 0.1) is 0 Å². The zero-order valence-electron chi connectivity index (χ0n) is 13.4. The number of piperazine rings is 1. The molecule has 2 N–H and O–H groups in total. The molecule has 0 aromatic rings. The van der Waals surface area contributed by atoms with E-state index in [2.05, 4.69) is 39.4 Å². The third-order valence-electron chi connectivity index (χ3n) is 4.65. The monoisotopic (exact) mass is 281 g/mol. The summed E-state index contributed by atoms with van der Waals surface area (Å²) in [5, 5.41) is 7.03. The van der Waals surface area contributed by atoms with E-state index in [-0.39, 0.29) is 0 Å². The van der Waals surface area contributed by atoms with Crippen molar-refractivity contribution >= 4 is 5.96 Å². The van der Waals surface area contributed by atoms with Crippen molar-refractivity contribution in [2.24, 2.45) is 4.99 Å². The molecule has 2 aliphatic rings. The smallest absolute Gasteiger partial charge is 0.191 e. The highest BCUT2D eigenvalue weighted by molar-refractivity contribution is 5.80. The Kier molecular flexibility index (Phi) is 6.10. The molecule has 5 heteroatoms. The van der Waals surface area contributed by atoms with E-state index >= 15 is 0 Å². The van der Waals surface area contributed by atoms with Crippen LogP contribution >= 0.6 is 0 Å². The zero-order valence-corrected chi connectivity index (χ0v) is 13.4. The second kappa shape index (κ2) is 7.84. The highest BCUT2D eigenvalue weighted by atomic mass is 15.3. The molecule has 116 valence electrons. The van der Waals surface area contributed by atoms with Gasteiger partial charge in [-0.15, -0.1) is 0 Å². The van der Waals surface area contributed by atoms with E-state index in [1.165, 1.54) is 51.9 Å². The van der Waals surface area contributed by atoms with Gasteiger partial charge in [-0.2, -0.15) is 0 Å². The number of nitrogens with one attached hydrogen (secondary N) is 2. The molecular formula is C15H31N5. The Balaban J connectivity index is 1.69. The van der Waals surface area contributed by atoms with Crippen LogP contribution in [0.5, 0.6) is 0 Å². The van der Waals surface area contributed by atoms with Crippen LogP contribution in [0.4, 0.5) is 0 Å². The molecule has 5 nitrogen and oxygen atoms in total. The minimum Gasteiger partial charge on any atom is -0.355 e. The van der Waals surface area contributed by atoms with Gasteiger partial charge in [0.1, 0.15) is 0 Å². The maximum absolute atomic E-state index is 4.35. The molecule has 2 fully saturated rings. The van der Waals surface area contributed by atoms with Gasteiger partial charge in [-0.05, 0) is 26.8 Å². The molecule has 1 atom stereocenters. The summed E-state index contributed by atoms with van der Waals surface area (Å²) < 4.78 is 0. The van der Waals surface area contributed by atoms with Gasteiger partial charge in [-0.3, -0.25) is 9.89 Å². The number of hydrogen-bond acceptors (Lipinski definition) is 3. The predicted molar refractivity (Wildman–Crippen MR) is 85.3 cm³/mol. The van der Waals surface area contributed by atoms with Crippen molar-refractivity contribution in [3.63, 3.8) is 0 Å². The molecule has 0 spiro atoms. The third-order valence-corrected chi connectivity index (χ3v) is 4.65. The fourth-order valence-corrected chi connectivity index (χ4v) is 3.09. The summed E-state index contributed by atoms with van der Waals surface area (Å²) in [6.07, 6.45) is 5.28. The number of aliphatic imine (C=N–C) groups is 1. The SMILES string of the molecule is CN=C(NCC(C)N1CCN(C)CC1)NC1CCCC1. The van der Waals surface area contributed by atoms with Crippen molar-refractivity contribution in [1.82, 2.24) is 20.4 Å². The highest BCUT2D eigenvalue weighted by Gasteiger charge is 2.20. The summed E-state index contributed by atoms with van der Waals surface area (Å²) in [5.74, 6) is 0.970. The molecule has 1 saturated heterocycles. The number of guanidine groups is 1. The van der Waals surface area contributed by atoms with Crippen LogP contribution in [0.2, 0.25) is 0 Å². The van der Waals surface area contributed by atoms with Crippen LogP contribution in [-0.4, -0.2) is 74.7 Å². The Hall–Kier alpha value is -0.810. The van der Waals surface area contributed by atoms with Gasteiger partial charge in [0.05, 0.1) is 0 Å². The van der Waals surface area contributed by atoms with Crippen molar-refractivity contribution in [3.8, 4) is 0 Å². The van der Waals surface area contributed by atoms with E-state index in [9.17, 15) is 0 Å². The van der Waals surface area contributed by atoms with Crippen molar-refractivity contribution in [3.05, 3.63) is 0 Å². The van der Waals surface area contributed by atoms with E-state index in [0.29, 0.717) is 12.1 Å². The number of nitrogens with zero attached hydrogens (tertiary/aromatic N) is 3. The quantitative estimate of drug-likeness (QED) is 0.589. The predicted octanol–water partition coefficient (Wildman–Crippen LogP) is 0.730. The first kappa shape index (κ1) is 15.6. The lowest BCUT2D eigenvalue weighted by molar-refractivity contribution is 0.120. The first-order valence-electron chi connectivity index (χ1n) is 8.09. The lowest BCUT2D eigenvalue weighted by Gasteiger charge is -2.36. The fourth-order valence-electron chi connectivity index (χ4n) is 3.09. The first-order valence-corrected chi connectivity index (χ1v) is 8.09. The normalized spacial score (nSPS) is 24.9. The van der Waals surface area contributed by atoms with E-state index in [1.807, 2.05) is 7.05 Å². The average Bonchev–Trinajstić information content (AvgIpc) is 2.96. The molecule has 1 heterocycles. The van der Waals surface area contributed by atoms with Crippen LogP contribution in [0.25, 0.3) is 0 Å². The molecular weight excluding hydrogens is 250 g/mol. The summed E-state index contributed by atoms with van der Waals surface area (Å²) >= 11 is 0. The van der Waals surface area contributed by atoms with Gasteiger partial charge in [0.2, 0.25) is 0 Å². The number of hydrogen-bond donors (Lipinski definition) is 2. The lowest BCUT2D eigenvalue weighted by atomic mass is 10.2. The fraction of sp³-hybridized carbons (Fsp3) is 0.933. The minimum atomic E-state index is 0.561. The van der Waals surface area contributed by atoms with Crippen LogP contribution in [0.15, 0.2) is 4.99 Å². The average molecular weight is 281 g/mol. The Morgan fingerprint density at radius 3 is 2.45 bits per heavy atom. The summed E-state index contributed by atoms with van der Waals surface area (Å²) in [5.41, 5.74) is 0. The Morgan fingerprint density at radius 2 is 1.85 bits per heavy atom. The maximum Gasteiger partial charge on any atom is 0.191 e. The van der Waals surface area contributed by atoms with Crippen LogP contribution in [0.1, 0.15) is 32.6 Å². The summed E-state index contributed by atoms with van der Waals surface area (Å²) in [7, 11) is 4.07. The largest absolute Gasteiger partial charge is 0.355 e. The van der Waals surface area contributed by atoms with Gasteiger partial charge >= 0.3 is 0 Å². The lowest BCUT2D eigenvalue weighted by Crippen LogP contribution is -2.52. The van der Waals surface area contributed by atoms with Crippen molar-refractivity contribution in [2.75, 3.05) is 46.8 Å². The van der Waals surface area contributed by atoms with Gasteiger partial charge in [0.15, 0.2) is 5.96 Å². The molecule has 0 amide bonds. The van der Waals surface area contributed by atoms with E-state index in [4.69, 9.17) is 0 Å². The molecule has 1 aliphatic heterocycles. The topological polar surface area (TPSA) is 42.9 Å². The third kappa shape index (κ3) is 4.63. The van der Waals surface area contributed by atoms with Gasteiger partial charge in [0.25, 0.3) is 0 Å². The van der Waals surface area contributed by atoms with Crippen LogP contribution < -0.4 is 10.6 Å². The van der Waals surface area contributed by atoms with Gasteiger partial charge in [0, 0.05) is 51.9 Å². The number of likely N-dealkylation sites (N-methyl/N-ethyl adjacent to an activating group) is 1. The molecule has 1 saturated carbocycles. The standard InChI is InChI=1S/C15H31N5/c1-13(20-10-8-19(3)9-11-20)12-17-15(16-2)18-14-6-4-5-7-14/h13-14H,4-12H2,1-3H3,(H2,16,17,18).